The van der Waals surface area contributed by atoms with Gasteiger partial charge in [-0.3, -0.25) is 0 Å². The number of nitrogens with zero attached hydrogens (tertiary/aromatic N) is 2. The lowest BCUT2D eigenvalue weighted by Gasteiger charge is -2.18. The number of hydrogen-bond acceptors (Lipinski definition) is 2. The van der Waals surface area contributed by atoms with Crippen LogP contribution in [-0.2, 0) is 4.74 Å². The fourth-order valence-electron chi connectivity index (χ4n) is 3.60. The highest BCUT2D eigenvalue weighted by Crippen LogP contribution is 2.33. The van der Waals surface area contributed by atoms with Crippen LogP contribution in [0.3, 0.4) is 0 Å². The lowest BCUT2D eigenvalue weighted by molar-refractivity contribution is -0.494. The van der Waals surface area contributed by atoms with Crippen LogP contribution in [0.25, 0.3) is 11.3 Å². The monoisotopic (exact) mass is 576 g/mol. The van der Waals surface area contributed by atoms with Crippen LogP contribution in [-0.4, -0.2) is 31.1 Å². The molecule has 4 rings (SSSR count). The van der Waals surface area contributed by atoms with Gasteiger partial charge in [-0.2, -0.15) is 5.26 Å². The van der Waals surface area contributed by atoms with Crippen molar-refractivity contribution in [1.29, 1.82) is 5.26 Å². The van der Waals surface area contributed by atoms with Crippen molar-refractivity contribution < 1.29 is 44.1 Å². The first-order valence-electron chi connectivity index (χ1n) is 12.0. The first kappa shape index (κ1) is 30.9. The zero-order valence-electron chi connectivity index (χ0n) is 21.4. The van der Waals surface area contributed by atoms with Crippen molar-refractivity contribution in [3.63, 3.8) is 0 Å². The van der Waals surface area contributed by atoms with Crippen molar-refractivity contribution in [2.24, 2.45) is 0 Å². The molecule has 41 heavy (non-hydrogen) atoms. The molecule has 0 unspecified atom stereocenters. The smallest absolute Gasteiger partial charge is 0.457 e. The third-order valence-corrected chi connectivity index (χ3v) is 5.60. The van der Waals surface area contributed by atoms with Crippen molar-refractivity contribution in [3.8, 4) is 6.07 Å². The summed E-state index contributed by atoms with van der Waals surface area (Å²) in [4.78, 5) is 0. The van der Waals surface area contributed by atoms with Gasteiger partial charge in [-0.05, 0) is 77.4 Å². The molecular formula is C29H21BF8N2O. The van der Waals surface area contributed by atoms with E-state index >= 15 is 0 Å². The predicted molar refractivity (Wildman–Crippen MR) is 141 cm³/mol. The summed E-state index contributed by atoms with van der Waals surface area (Å²) in [5.74, 6) is -3.39. The Morgan fingerprint density at radius 3 is 1.93 bits per heavy atom. The van der Waals surface area contributed by atoms with Gasteiger partial charge in [0.1, 0.15) is 18.6 Å². The van der Waals surface area contributed by atoms with E-state index in [4.69, 9.17) is 10.00 Å². The molecule has 0 spiro atoms. The van der Waals surface area contributed by atoms with E-state index in [0.717, 1.165) is 35.6 Å². The molecule has 0 saturated heterocycles. The molecule has 0 saturated carbocycles. The summed E-state index contributed by atoms with van der Waals surface area (Å²) in [7, 11) is -4.09. The summed E-state index contributed by atoms with van der Waals surface area (Å²) in [5.41, 5.74) is 3.03. The summed E-state index contributed by atoms with van der Waals surface area (Å²) in [6.45, 7) is 0.619. The second-order valence-corrected chi connectivity index (χ2v) is 8.62. The lowest BCUT2D eigenvalue weighted by Crippen LogP contribution is -2.16. The quantitative estimate of drug-likeness (QED) is 0.206. The Kier molecular flexibility index (Phi) is 10.3. The maximum absolute atomic E-state index is 13.9. The van der Waals surface area contributed by atoms with Gasteiger partial charge in [-0.15, -0.1) is 0 Å². The van der Waals surface area contributed by atoms with E-state index < -0.39 is 30.5 Å². The largest absolute Gasteiger partial charge is 0.673 e. The minimum Gasteiger partial charge on any atom is -0.457 e. The summed E-state index contributed by atoms with van der Waals surface area (Å²) in [6, 6.07) is 9.02. The molecule has 0 bridgehead atoms. The normalized spacial score (nSPS) is 15.4. The summed E-state index contributed by atoms with van der Waals surface area (Å²) in [6.07, 6.45) is 14.8. The Bertz CT molecular complexity index is 1550. The molecule has 2 aromatic rings. The van der Waals surface area contributed by atoms with Crippen molar-refractivity contribution in [1.82, 2.24) is 0 Å². The molecule has 1 heterocycles. The van der Waals surface area contributed by atoms with E-state index in [1.54, 1.807) is 18.2 Å². The highest BCUT2D eigenvalue weighted by Gasteiger charge is 2.20. The highest BCUT2D eigenvalue weighted by atomic mass is 19.5. The number of halogens is 8. The van der Waals surface area contributed by atoms with Gasteiger partial charge in [0.2, 0.25) is 0 Å². The Morgan fingerprint density at radius 2 is 1.37 bits per heavy atom. The van der Waals surface area contributed by atoms with E-state index in [2.05, 4.69) is 6.07 Å². The molecule has 1 aliphatic carbocycles. The van der Waals surface area contributed by atoms with Gasteiger partial charge in [-0.25, -0.2) is 22.1 Å². The number of allylic oxidation sites excluding steroid dienone is 10. The second-order valence-electron chi connectivity index (χ2n) is 8.62. The van der Waals surface area contributed by atoms with Crippen molar-refractivity contribution in [3.05, 3.63) is 131 Å². The SMILES string of the molecule is C[N+](CCC#N)=C1C=CC(=CC=C2C=C(c3ccc(F)c(F)c3)C=C(c3ccc(F)c(F)c3)O2)C=C1.F[B-](F)(F)F. The van der Waals surface area contributed by atoms with Crippen LogP contribution in [0.1, 0.15) is 17.5 Å². The van der Waals surface area contributed by atoms with Crippen molar-refractivity contribution in [2.75, 3.05) is 13.6 Å². The minimum absolute atomic E-state index is 0.227. The summed E-state index contributed by atoms with van der Waals surface area (Å²) >= 11 is 0. The molecule has 2 aliphatic rings. The molecule has 0 radical (unpaired) electrons. The third-order valence-electron chi connectivity index (χ3n) is 5.60. The fourth-order valence-corrected chi connectivity index (χ4v) is 3.60. The van der Waals surface area contributed by atoms with E-state index in [-0.39, 0.29) is 11.3 Å². The van der Waals surface area contributed by atoms with Crippen molar-refractivity contribution in [2.45, 2.75) is 6.42 Å². The maximum atomic E-state index is 13.9. The standard InChI is InChI=1S/C29H21F4N2O.BF4/c1-35(14-2-13-34)23-8-3-19(4-9-23)5-10-24-15-22(20-6-11-25(30)27(32)16-20)18-29(36-24)21-7-12-26(31)28(33)17-21;2-1(3,4)5/h3-12,15-18H,2,14H2,1H3;/q+1;-1. The molecule has 1 aliphatic heterocycles. The lowest BCUT2D eigenvalue weighted by atomic mass is 10.00. The van der Waals surface area contributed by atoms with E-state index in [1.807, 2.05) is 42.0 Å². The molecule has 0 fully saturated rings. The molecule has 212 valence electrons. The van der Waals surface area contributed by atoms with Gasteiger partial charge in [0.15, 0.2) is 35.5 Å². The van der Waals surface area contributed by atoms with Crippen LogP contribution < -0.4 is 0 Å². The van der Waals surface area contributed by atoms with Gasteiger partial charge in [0, 0.05) is 17.7 Å². The van der Waals surface area contributed by atoms with E-state index in [1.165, 1.54) is 12.1 Å². The number of hydrogen-bond donors (Lipinski definition) is 0. The molecule has 0 N–H and O–H groups in total. The molecule has 12 heteroatoms. The Labute approximate surface area is 230 Å². The number of benzene rings is 2. The molecule has 0 aromatic heterocycles. The third kappa shape index (κ3) is 9.49. The van der Waals surface area contributed by atoms with Crippen molar-refractivity contribution >= 4 is 24.3 Å². The first-order chi connectivity index (χ1) is 19.3. The van der Waals surface area contributed by atoms with Gasteiger partial charge >= 0.3 is 7.25 Å². The number of nitriles is 1. The molecule has 0 atom stereocenters. The molecule has 3 nitrogen and oxygen atoms in total. The summed E-state index contributed by atoms with van der Waals surface area (Å²) in [5, 5.41) is 8.76. The van der Waals surface area contributed by atoms with Crippen LogP contribution in [0.2, 0.25) is 0 Å². The van der Waals surface area contributed by atoms with Gasteiger partial charge in [0.05, 0.1) is 12.5 Å². The zero-order chi connectivity index (χ0) is 30.2. The number of rotatable bonds is 5. The molecule has 0 amide bonds. The topological polar surface area (TPSA) is 36.0 Å². The van der Waals surface area contributed by atoms with Crippen LogP contribution in [0.15, 0.2) is 96.3 Å². The highest BCUT2D eigenvalue weighted by molar-refractivity contribution is 6.50. The first-order valence-corrected chi connectivity index (χ1v) is 12.0. The van der Waals surface area contributed by atoms with Gasteiger partial charge in [-0.1, -0.05) is 12.1 Å². The second kappa shape index (κ2) is 13.6. The van der Waals surface area contributed by atoms with Gasteiger partial charge in [0.25, 0.3) is 0 Å². The Hall–Kier alpha value is -4.66. The van der Waals surface area contributed by atoms with Crippen LogP contribution in [0, 0.1) is 34.6 Å². The van der Waals surface area contributed by atoms with Crippen LogP contribution in [0.4, 0.5) is 34.8 Å². The zero-order valence-corrected chi connectivity index (χ0v) is 21.4. The minimum atomic E-state index is -6.00. The van der Waals surface area contributed by atoms with Gasteiger partial charge < -0.3 is 22.0 Å². The average Bonchev–Trinajstić information content (AvgIpc) is 2.92. The van der Waals surface area contributed by atoms with E-state index in [9.17, 15) is 34.8 Å². The summed E-state index contributed by atoms with van der Waals surface area (Å²) < 4.78 is 102. The van der Waals surface area contributed by atoms with Crippen LogP contribution >= 0.6 is 0 Å². The maximum Gasteiger partial charge on any atom is 0.673 e. The van der Waals surface area contributed by atoms with Crippen LogP contribution in [0.5, 0.6) is 0 Å². The average molecular weight is 576 g/mol. The Morgan fingerprint density at radius 1 is 0.805 bits per heavy atom. The molecular weight excluding hydrogens is 555 g/mol. The fraction of sp³-hybridized carbons (Fsp3) is 0.103. The molecule has 2 aromatic carbocycles. The number of ether oxygens (including phenoxy) is 1. The Balaban J connectivity index is 0.000000850. The van der Waals surface area contributed by atoms with E-state index in [0.29, 0.717) is 29.9 Å². The predicted octanol–water partition coefficient (Wildman–Crippen LogP) is 7.93.